The summed E-state index contributed by atoms with van der Waals surface area (Å²) in [6.07, 6.45) is 1.37. The molecule has 3 amide bonds. The molecular formula is C25H19N3O8S. The van der Waals surface area contributed by atoms with Gasteiger partial charge in [-0.3, -0.25) is 29.4 Å². The van der Waals surface area contributed by atoms with Gasteiger partial charge in [-0.1, -0.05) is 6.07 Å². The number of hydrogen-bond acceptors (Lipinski definition) is 9. The maximum absolute atomic E-state index is 12.8. The minimum Gasteiger partial charge on any atom is -0.486 e. The molecule has 12 heteroatoms. The molecule has 37 heavy (non-hydrogen) atoms. The van der Waals surface area contributed by atoms with Crippen LogP contribution in [0.15, 0.2) is 57.9 Å². The molecule has 0 bridgehead atoms. The van der Waals surface area contributed by atoms with Gasteiger partial charge in [0, 0.05) is 23.9 Å². The molecule has 2 aliphatic heterocycles. The largest absolute Gasteiger partial charge is 0.486 e. The van der Waals surface area contributed by atoms with Crippen LogP contribution in [-0.4, -0.2) is 46.6 Å². The fourth-order valence-corrected chi connectivity index (χ4v) is 4.63. The number of anilines is 1. The second-order valence-corrected chi connectivity index (χ2v) is 9.15. The van der Waals surface area contributed by atoms with Gasteiger partial charge in [0.05, 0.1) is 15.4 Å². The van der Waals surface area contributed by atoms with Crippen molar-refractivity contribution in [3.8, 4) is 22.8 Å². The van der Waals surface area contributed by atoms with Crippen LogP contribution in [0.25, 0.3) is 17.4 Å². The summed E-state index contributed by atoms with van der Waals surface area (Å²) in [7, 11) is 0. The Bertz CT molecular complexity index is 1480. The molecule has 2 aliphatic rings. The molecule has 3 heterocycles. The fourth-order valence-electron chi connectivity index (χ4n) is 3.81. The molecule has 0 atom stereocenters. The Kier molecular flexibility index (Phi) is 6.40. The van der Waals surface area contributed by atoms with Crippen molar-refractivity contribution in [3.05, 3.63) is 74.9 Å². The topological polar surface area (TPSA) is 141 Å². The van der Waals surface area contributed by atoms with Gasteiger partial charge in [0.25, 0.3) is 16.8 Å². The molecule has 0 aliphatic carbocycles. The number of rotatable bonds is 6. The lowest BCUT2D eigenvalue weighted by atomic mass is 10.1. The number of ether oxygens (including phenoxy) is 2. The van der Waals surface area contributed by atoms with Crippen LogP contribution in [0.5, 0.6) is 11.5 Å². The molecule has 1 fully saturated rings. The van der Waals surface area contributed by atoms with Gasteiger partial charge in [0.2, 0.25) is 5.91 Å². The second kappa shape index (κ2) is 9.82. The van der Waals surface area contributed by atoms with E-state index < -0.39 is 28.5 Å². The number of nitro groups is 1. The maximum atomic E-state index is 12.8. The summed E-state index contributed by atoms with van der Waals surface area (Å²) in [5, 5.41) is 13.5. The van der Waals surface area contributed by atoms with Crippen LogP contribution in [0.1, 0.15) is 11.3 Å². The average molecular weight is 522 g/mol. The summed E-state index contributed by atoms with van der Waals surface area (Å²) in [6, 6.07) is 12.7. The van der Waals surface area contributed by atoms with Gasteiger partial charge in [-0.15, -0.1) is 0 Å². The van der Waals surface area contributed by atoms with Crippen LogP contribution in [0.4, 0.5) is 16.2 Å². The number of hydrogen-bond donors (Lipinski definition) is 1. The maximum Gasteiger partial charge on any atom is 0.294 e. The van der Waals surface area contributed by atoms with Crippen LogP contribution >= 0.6 is 11.8 Å². The van der Waals surface area contributed by atoms with Crippen LogP contribution < -0.4 is 14.8 Å². The highest BCUT2D eigenvalue weighted by Crippen LogP contribution is 2.36. The molecule has 0 saturated carbocycles. The predicted molar refractivity (Wildman–Crippen MR) is 134 cm³/mol. The Morgan fingerprint density at radius 1 is 1.11 bits per heavy atom. The average Bonchev–Trinajstić information content (AvgIpc) is 3.44. The summed E-state index contributed by atoms with van der Waals surface area (Å²) in [5.74, 6) is 0.330. The molecule has 3 aromatic rings. The summed E-state index contributed by atoms with van der Waals surface area (Å²) >= 11 is 0.672. The van der Waals surface area contributed by atoms with Crippen molar-refractivity contribution in [2.75, 3.05) is 25.1 Å². The molecule has 188 valence electrons. The number of imide groups is 1. The van der Waals surface area contributed by atoms with Crippen molar-refractivity contribution in [2.45, 2.75) is 6.92 Å². The number of aryl methyl sites for hydroxylation is 1. The number of furan rings is 1. The number of nitrogens with one attached hydrogen (secondary N) is 1. The van der Waals surface area contributed by atoms with Crippen molar-refractivity contribution in [2.24, 2.45) is 0 Å². The molecule has 1 N–H and O–H groups in total. The molecule has 1 aromatic heterocycles. The zero-order valence-electron chi connectivity index (χ0n) is 19.4. The van der Waals surface area contributed by atoms with Gasteiger partial charge in [-0.25, -0.2) is 0 Å². The van der Waals surface area contributed by atoms with Crippen molar-refractivity contribution >= 4 is 46.3 Å². The van der Waals surface area contributed by atoms with Crippen molar-refractivity contribution in [3.63, 3.8) is 0 Å². The number of amides is 3. The molecule has 5 rings (SSSR count). The van der Waals surface area contributed by atoms with E-state index in [9.17, 15) is 24.5 Å². The van der Waals surface area contributed by atoms with Gasteiger partial charge in [0.1, 0.15) is 31.3 Å². The summed E-state index contributed by atoms with van der Waals surface area (Å²) in [5.41, 5.74) is 1.35. The Balaban J connectivity index is 1.28. The number of nitro benzene ring substituents is 1. The van der Waals surface area contributed by atoms with E-state index in [1.807, 2.05) is 0 Å². The monoisotopic (exact) mass is 521 g/mol. The van der Waals surface area contributed by atoms with E-state index in [1.54, 1.807) is 49.4 Å². The first-order valence-corrected chi connectivity index (χ1v) is 11.9. The Morgan fingerprint density at radius 2 is 1.89 bits per heavy atom. The molecule has 2 aromatic carbocycles. The van der Waals surface area contributed by atoms with E-state index in [2.05, 4.69) is 5.32 Å². The second-order valence-electron chi connectivity index (χ2n) is 8.15. The van der Waals surface area contributed by atoms with Crippen molar-refractivity contribution in [1.29, 1.82) is 0 Å². The first-order chi connectivity index (χ1) is 17.8. The Hall–Kier alpha value is -4.58. The van der Waals surface area contributed by atoms with Gasteiger partial charge in [-0.05, 0) is 54.6 Å². The third kappa shape index (κ3) is 5.05. The molecule has 1 saturated heterocycles. The normalized spacial score (nSPS) is 15.8. The van der Waals surface area contributed by atoms with Crippen LogP contribution in [0, 0.1) is 17.0 Å². The standard InChI is InChI=1S/C25H19N3O8S/c1-14-2-5-17(18(10-14)28(32)33)19-7-4-16(36-19)12-22-24(30)27(25(31)37-22)13-23(29)26-15-3-6-20-21(11-15)35-9-8-34-20/h2-7,10-12H,8-9,13H2,1H3,(H,26,29)/b22-12+. The quantitative estimate of drug-likeness (QED) is 0.280. The SMILES string of the molecule is Cc1ccc(-c2ccc(/C=C3/SC(=O)N(CC(=O)Nc4ccc5c(c4)OCCO5)C3=O)o2)c([N+](=O)[O-])c1. The van der Waals surface area contributed by atoms with Gasteiger partial charge < -0.3 is 19.2 Å². The van der Waals surface area contributed by atoms with Crippen LogP contribution in [0.3, 0.4) is 0 Å². The van der Waals surface area contributed by atoms with Crippen LogP contribution in [0.2, 0.25) is 0 Å². The number of benzene rings is 2. The lowest BCUT2D eigenvalue weighted by molar-refractivity contribution is -0.384. The highest BCUT2D eigenvalue weighted by Gasteiger charge is 2.36. The lowest BCUT2D eigenvalue weighted by Crippen LogP contribution is -2.36. The van der Waals surface area contributed by atoms with E-state index in [0.29, 0.717) is 47.7 Å². The van der Waals surface area contributed by atoms with E-state index >= 15 is 0 Å². The molecule has 0 unspecified atom stereocenters. The van der Waals surface area contributed by atoms with Gasteiger partial charge in [-0.2, -0.15) is 0 Å². The van der Waals surface area contributed by atoms with Crippen molar-refractivity contribution in [1.82, 2.24) is 4.90 Å². The first kappa shape index (κ1) is 24.1. The number of thioether (sulfide) groups is 1. The summed E-state index contributed by atoms with van der Waals surface area (Å²) in [6.45, 7) is 2.11. The molecular weight excluding hydrogens is 502 g/mol. The van der Waals surface area contributed by atoms with Gasteiger partial charge >= 0.3 is 0 Å². The third-order valence-electron chi connectivity index (χ3n) is 5.52. The van der Waals surface area contributed by atoms with Crippen molar-refractivity contribution < 1.29 is 33.2 Å². The molecule has 0 radical (unpaired) electrons. The van der Waals surface area contributed by atoms with E-state index in [4.69, 9.17) is 13.9 Å². The number of nitrogens with zero attached hydrogens (tertiary/aromatic N) is 2. The minimum absolute atomic E-state index is 0.0661. The fraction of sp³-hybridized carbons (Fsp3) is 0.160. The molecule has 0 spiro atoms. The highest BCUT2D eigenvalue weighted by molar-refractivity contribution is 8.18. The third-order valence-corrected chi connectivity index (χ3v) is 6.42. The van der Waals surface area contributed by atoms with E-state index in [-0.39, 0.29) is 22.1 Å². The zero-order valence-corrected chi connectivity index (χ0v) is 20.2. The Labute approximate surface area is 214 Å². The summed E-state index contributed by atoms with van der Waals surface area (Å²) in [4.78, 5) is 49.6. The Morgan fingerprint density at radius 3 is 2.68 bits per heavy atom. The number of fused-ring (bicyclic) bond motifs is 1. The van der Waals surface area contributed by atoms with E-state index in [0.717, 1.165) is 10.5 Å². The number of carbonyl (C=O) groups excluding carboxylic acids is 3. The zero-order chi connectivity index (χ0) is 26.1. The van der Waals surface area contributed by atoms with E-state index in [1.165, 1.54) is 12.1 Å². The first-order valence-electron chi connectivity index (χ1n) is 11.1. The summed E-state index contributed by atoms with van der Waals surface area (Å²) < 4.78 is 16.6. The minimum atomic E-state index is -0.647. The molecule has 11 nitrogen and oxygen atoms in total. The van der Waals surface area contributed by atoms with Crippen LogP contribution in [-0.2, 0) is 9.59 Å². The lowest BCUT2D eigenvalue weighted by Gasteiger charge is -2.19. The predicted octanol–water partition coefficient (Wildman–Crippen LogP) is 4.61. The smallest absolute Gasteiger partial charge is 0.294 e. The number of carbonyl (C=O) groups is 3. The van der Waals surface area contributed by atoms with Gasteiger partial charge in [0.15, 0.2) is 11.5 Å². The highest BCUT2D eigenvalue weighted by atomic mass is 32.2.